The molecule has 0 spiro atoms. The quantitative estimate of drug-likeness (QED) is 0.831. The van der Waals surface area contributed by atoms with Crippen molar-refractivity contribution in [1.82, 2.24) is 14.7 Å². The van der Waals surface area contributed by atoms with E-state index in [0.717, 1.165) is 13.1 Å². The first-order valence-electron chi connectivity index (χ1n) is 6.82. The summed E-state index contributed by atoms with van der Waals surface area (Å²) in [5.74, 6) is 0. The summed E-state index contributed by atoms with van der Waals surface area (Å²) in [6, 6.07) is 6.96. The zero-order chi connectivity index (χ0) is 14.6. The van der Waals surface area contributed by atoms with Crippen molar-refractivity contribution < 1.29 is 8.42 Å². The first-order chi connectivity index (χ1) is 9.53. The first-order valence-corrected chi connectivity index (χ1v) is 8.30. The molecule has 1 aliphatic heterocycles. The molecule has 0 atom stereocenters. The lowest BCUT2D eigenvalue weighted by atomic mass is 10.3. The highest BCUT2D eigenvalue weighted by Crippen LogP contribution is 2.20. The van der Waals surface area contributed by atoms with Crippen LogP contribution in [0.25, 0.3) is 0 Å². The molecule has 0 saturated carbocycles. The van der Waals surface area contributed by atoms with Crippen LogP contribution in [-0.4, -0.2) is 58.1 Å². The predicted octanol–water partition coefficient (Wildman–Crippen LogP) is 0.559. The Morgan fingerprint density at radius 3 is 2.45 bits per heavy atom. The Kier molecular flexibility index (Phi) is 4.98. The third kappa shape index (κ3) is 3.69. The number of piperazine rings is 1. The molecule has 0 unspecified atom stereocenters. The van der Waals surface area contributed by atoms with Crippen molar-refractivity contribution in [3.05, 3.63) is 24.3 Å². The summed E-state index contributed by atoms with van der Waals surface area (Å²) in [6.45, 7) is 5.73. The summed E-state index contributed by atoms with van der Waals surface area (Å²) in [6.07, 6.45) is 0. The minimum Gasteiger partial charge on any atom is -0.384 e. The van der Waals surface area contributed by atoms with Crippen molar-refractivity contribution in [2.75, 3.05) is 45.1 Å². The predicted molar refractivity (Wildman–Crippen MR) is 80.0 cm³/mol. The van der Waals surface area contributed by atoms with E-state index in [0.29, 0.717) is 30.2 Å². The van der Waals surface area contributed by atoms with E-state index in [1.54, 1.807) is 23.2 Å². The Balaban J connectivity index is 2.14. The summed E-state index contributed by atoms with van der Waals surface area (Å²) >= 11 is 0. The lowest BCUT2D eigenvalue weighted by Crippen LogP contribution is -2.52. The molecule has 0 bridgehead atoms. The molecule has 6 nitrogen and oxygen atoms in total. The van der Waals surface area contributed by atoms with Gasteiger partial charge in [0, 0.05) is 32.7 Å². The van der Waals surface area contributed by atoms with Gasteiger partial charge in [0.2, 0.25) is 0 Å². The molecule has 1 heterocycles. The van der Waals surface area contributed by atoms with Crippen LogP contribution < -0.4 is 10.1 Å². The molecule has 0 radical (unpaired) electrons. The number of nitrogens with one attached hydrogen (secondary N) is 2. The lowest BCUT2D eigenvalue weighted by molar-refractivity contribution is 0.135. The molecular weight excluding hydrogens is 276 g/mol. The van der Waals surface area contributed by atoms with Gasteiger partial charge in [0.1, 0.15) is 4.90 Å². The van der Waals surface area contributed by atoms with E-state index >= 15 is 0 Å². The van der Waals surface area contributed by atoms with Crippen molar-refractivity contribution in [2.24, 2.45) is 0 Å². The van der Waals surface area contributed by atoms with E-state index in [1.807, 2.05) is 20.0 Å². The fraction of sp³-hybridized carbons (Fsp3) is 0.538. The third-order valence-corrected chi connectivity index (χ3v) is 4.73. The average molecular weight is 298 g/mol. The Hall–Kier alpha value is -1.15. The number of benzene rings is 1. The van der Waals surface area contributed by atoms with E-state index in [2.05, 4.69) is 15.0 Å². The topological polar surface area (TPSA) is 64.7 Å². The summed E-state index contributed by atoms with van der Waals surface area (Å²) in [5.41, 5.74) is 0.636. The van der Waals surface area contributed by atoms with Crippen molar-refractivity contribution >= 4 is 15.7 Å². The van der Waals surface area contributed by atoms with Gasteiger partial charge in [-0.25, -0.2) is 13.4 Å². The van der Waals surface area contributed by atoms with Gasteiger partial charge in [0.15, 0.2) is 0 Å². The zero-order valence-electron chi connectivity index (χ0n) is 12.0. The molecule has 1 aromatic rings. The summed E-state index contributed by atoms with van der Waals surface area (Å²) in [5, 5.41) is 4.84. The smallest absolute Gasteiger partial charge is 0.255 e. The molecule has 1 saturated heterocycles. The molecule has 0 aromatic heterocycles. The maximum atomic E-state index is 12.5. The zero-order valence-corrected chi connectivity index (χ0v) is 12.8. The highest BCUT2D eigenvalue weighted by molar-refractivity contribution is 7.89. The van der Waals surface area contributed by atoms with E-state index in [1.165, 1.54) is 0 Å². The number of para-hydroxylation sites is 1. The van der Waals surface area contributed by atoms with Crippen LogP contribution in [0, 0.1) is 0 Å². The van der Waals surface area contributed by atoms with Crippen molar-refractivity contribution in [3.63, 3.8) is 0 Å². The SMILES string of the molecule is CCNc1ccccc1S(=O)(=O)NN1CCN(C)CC1. The molecule has 20 heavy (non-hydrogen) atoms. The molecule has 0 aliphatic carbocycles. The Morgan fingerprint density at radius 1 is 1.15 bits per heavy atom. The molecular formula is C13H22N4O2S. The van der Waals surface area contributed by atoms with Crippen LogP contribution in [0.3, 0.4) is 0 Å². The second-order valence-corrected chi connectivity index (χ2v) is 6.54. The number of anilines is 1. The van der Waals surface area contributed by atoms with Crippen molar-refractivity contribution in [3.8, 4) is 0 Å². The van der Waals surface area contributed by atoms with Crippen LogP contribution in [0.1, 0.15) is 6.92 Å². The number of rotatable bonds is 5. The molecule has 1 fully saturated rings. The van der Waals surface area contributed by atoms with Gasteiger partial charge >= 0.3 is 0 Å². The van der Waals surface area contributed by atoms with Crippen LogP contribution in [0.5, 0.6) is 0 Å². The minimum absolute atomic E-state index is 0.292. The van der Waals surface area contributed by atoms with Gasteiger partial charge in [0.25, 0.3) is 10.0 Å². The summed E-state index contributed by atoms with van der Waals surface area (Å²) < 4.78 is 24.9. The fourth-order valence-corrected chi connectivity index (χ4v) is 3.46. The maximum absolute atomic E-state index is 12.5. The largest absolute Gasteiger partial charge is 0.384 e. The normalized spacial score (nSPS) is 18.1. The number of hydrogen-bond acceptors (Lipinski definition) is 5. The van der Waals surface area contributed by atoms with Crippen molar-refractivity contribution in [2.45, 2.75) is 11.8 Å². The Bertz CT molecular complexity index is 539. The summed E-state index contributed by atoms with van der Waals surface area (Å²) in [7, 11) is -1.50. The molecule has 2 rings (SSSR count). The monoisotopic (exact) mass is 298 g/mol. The number of hydrazine groups is 1. The number of likely N-dealkylation sites (N-methyl/N-ethyl adjacent to an activating group) is 1. The highest BCUT2D eigenvalue weighted by atomic mass is 32.2. The third-order valence-electron chi connectivity index (χ3n) is 3.30. The number of nitrogens with zero attached hydrogens (tertiary/aromatic N) is 2. The van der Waals surface area contributed by atoms with Crippen LogP contribution in [-0.2, 0) is 10.0 Å². The van der Waals surface area contributed by atoms with Crippen LogP contribution in [0.2, 0.25) is 0 Å². The van der Waals surface area contributed by atoms with Crippen molar-refractivity contribution in [1.29, 1.82) is 0 Å². The molecule has 1 aliphatic rings. The second-order valence-electron chi connectivity index (χ2n) is 4.91. The van der Waals surface area contributed by atoms with E-state index in [9.17, 15) is 8.42 Å². The van der Waals surface area contributed by atoms with Gasteiger partial charge in [0.05, 0.1) is 5.69 Å². The minimum atomic E-state index is -3.54. The van der Waals surface area contributed by atoms with Gasteiger partial charge in [-0.2, -0.15) is 0 Å². The van der Waals surface area contributed by atoms with Gasteiger partial charge in [-0.3, -0.25) is 0 Å². The first kappa shape index (κ1) is 15.2. The van der Waals surface area contributed by atoms with E-state index in [4.69, 9.17) is 0 Å². The lowest BCUT2D eigenvalue weighted by Gasteiger charge is -2.32. The van der Waals surface area contributed by atoms with Crippen LogP contribution in [0.15, 0.2) is 29.2 Å². The molecule has 7 heteroatoms. The Morgan fingerprint density at radius 2 is 1.80 bits per heavy atom. The van der Waals surface area contributed by atoms with Crippen LogP contribution in [0.4, 0.5) is 5.69 Å². The van der Waals surface area contributed by atoms with E-state index in [-0.39, 0.29) is 0 Å². The molecule has 1 aromatic carbocycles. The number of hydrogen-bond donors (Lipinski definition) is 2. The van der Waals surface area contributed by atoms with Gasteiger partial charge < -0.3 is 10.2 Å². The number of sulfonamides is 1. The standard InChI is InChI=1S/C13H22N4O2S/c1-3-14-12-6-4-5-7-13(12)20(18,19)15-17-10-8-16(2)9-11-17/h4-7,14-15H,3,8-11H2,1-2H3. The van der Waals surface area contributed by atoms with E-state index < -0.39 is 10.0 Å². The fourth-order valence-electron chi connectivity index (χ4n) is 2.15. The molecule has 112 valence electrons. The van der Waals surface area contributed by atoms with Gasteiger partial charge in [-0.15, -0.1) is 4.83 Å². The summed E-state index contributed by atoms with van der Waals surface area (Å²) in [4.78, 5) is 5.14. The van der Waals surface area contributed by atoms with Gasteiger partial charge in [-0.05, 0) is 26.1 Å². The molecule has 0 amide bonds. The van der Waals surface area contributed by atoms with Crippen LogP contribution >= 0.6 is 0 Å². The average Bonchev–Trinajstić information content (AvgIpc) is 2.42. The van der Waals surface area contributed by atoms with Gasteiger partial charge in [-0.1, -0.05) is 12.1 Å². The maximum Gasteiger partial charge on any atom is 0.255 e. The Labute approximate surface area is 120 Å². The highest BCUT2D eigenvalue weighted by Gasteiger charge is 2.23. The molecule has 2 N–H and O–H groups in total. The second kappa shape index (κ2) is 6.53.